The maximum Gasteiger partial charge on any atom is 0.243 e. The number of ether oxygens (including phenoxy) is 1. The minimum atomic E-state index is -0.198. The fraction of sp³-hybridized carbons (Fsp3) is 0.429. The van der Waals surface area contributed by atoms with E-state index in [1.165, 1.54) is 0 Å². The zero-order valence-corrected chi connectivity index (χ0v) is 11.3. The summed E-state index contributed by atoms with van der Waals surface area (Å²) in [6.07, 6.45) is 3.00. The molecule has 2 N–H and O–H groups in total. The van der Waals surface area contributed by atoms with Crippen molar-refractivity contribution in [3.05, 3.63) is 30.2 Å². The van der Waals surface area contributed by atoms with Gasteiger partial charge in [0, 0.05) is 0 Å². The number of methoxy groups -OCH3 is 1. The number of nitrogens with two attached hydrogens (primary N) is 1. The van der Waals surface area contributed by atoms with Gasteiger partial charge in [-0.05, 0) is 18.6 Å². The van der Waals surface area contributed by atoms with Crippen LogP contribution in [0.15, 0.2) is 28.8 Å². The van der Waals surface area contributed by atoms with Gasteiger partial charge < -0.3 is 15.0 Å². The first kappa shape index (κ1) is 13.5. The number of nitrogens with zero attached hydrogens (tertiary/aromatic N) is 2. The predicted molar refractivity (Wildman–Crippen MR) is 72.7 cm³/mol. The molecule has 1 unspecified atom stereocenters. The van der Waals surface area contributed by atoms with E-state index >= 15 is 0 Å². The second-order valence-corrected chi connectivity index (χ2v) is 4.41. The summed E-state index contributed by atoms with van der Waals surface area (Å²) in [5.74, 6) is 1.71. The Balaban J connectivity index is 2.20. The number of hydrogen-bond acceptors (Lipinski definition) is 5. The Bertz CT molecular complexity index is 525. The van der Waals surface area contributed by atoms with Gasteiger partial charge in [0.1, 0.15) is 5.75 Å². The average Bonchev–Trinajstić information content (AvgIpc) is 2.94. The highest BCUT2D eigenvalue weighted by atomic mass is 16.5. The number of aromatic nitrogens is 2. The van der Waals surface area contributed by atoms with Crippen LogP contribution in [0.5, 0.6) is 5.75 Å². The van der Waals surface area contributed by atoms with Crippen molar-refractivity contribution in [2.24, 2.45) is 5.73 Å². The maximum absolute atomic E-state index is 6.02. The highest BCUT2D eigenvalue weighted by molar-refractivity contribution is 5.63. The average molecular weight is 261 g/mol. The zero-order valence-electron chi connectivity index (χ0n) is 11.3. The first-order valence-corrected chi connectivity index (χ1v) is 6.48. The summed E-state index contributed by atoms with van der Waals surface area (Å²) in [6, 6.07) is 7.37. The third-order valence-electron chi connectivity index (χ3n) is 2.98. The highest BCUT2D eigenvalue weighted by Crippen LogP contribution is 2.28. The molecule has 102 valence electrons. The molecule has 0 aliphatic heterocycles. The topological polar surface area (TPSA) is 74.2 Å². The smallest absolute Gasteiger partial charge is 0.243 e. The maximum atomic E-state index is 6.02. The summed E-state index contributed by atoms with van der Waals surface area (Å²) in [5.41, 5.74) is 6.82. The van der Waals surface area contributed by atoms with Gasteiger partial charge in [-0.15, -0.1) is 0 Å². The van der Waals surface area contributed by atoms with Crippen LogP contribution in [-0.4, -0.2) is 17.3 Å². The van der Waals surface area contributed by atoms with E-state index in [0.717, 1.165) is 30.6 Å². The van der Waals surface area contributed by atoms with Crippen LogP contribution in [0, 0.1) is 0 Å². The van der Waals surface area contributed by atoms with Crippen molar-refractivity contribution in [1.29, 1.82) is 0 Å². The van der Waals surface area contributed by atoms with Gasteiger partial charge in [-0.3, -0.25) is 0 Å². The molecular formula is C14H19N3O2. The summed E-state index contributed by atoms with van der Waals surface area (Å²) in [5, 5.41) is 3.98. The standard InChI is InChI=1S/C14H19N3O2/c1-3-4-8-11(15)14-16-13(17-19-14)10-7-5-6-9-12(10)18-2/h5-7,9,11H,3-4,8,15H2,1-2H3. The largest absolute Gasteiger partial charge is 0.496 e. The quantitative estimate of drug-likeness (QED) is 0.865. The second kappa shape index (κ2) is 6.33. The molecular weight excluding hydrogens is 242 g/mol. The molecule has 1 aromatic heterocycles. The van der Waals surface area contributed by atoms with E-state index in [0.29, 0.717) is 11.7 Å². The van der Waals surface area contributed by atoms with E-state index in [9.17, 15) is 0 Å². The van der Waals surface area contributed by atoms with Crippen molar-refractivity contribution in [1.82, 2.24) is 10.1 Å². The minimum Gasteiger partial charge on any atom is -0.496 e. The van der Waals surface area contributed by atoms with Gasteiger partial charge in [0.25, 0.3) is 0 Å². The monoisotopic (exact) mass is 261 g/mol. The lowest BCUT2D eigenvalue weighted by Crippen LogP contribution is -2.10. The van der Waals surface area contributed by atoms with E-state index in [1.54, 1.807) is 7.11 Å². The Hall–Kier alpha value is -1.88. The molecule has 0 fully saturated rings. The fourth-order valence-corrected chi connectivity index (χ4v) is 1.87. The van der Waals surface area contributed by atoms with Crippen molar-refractivity contribution < 1.29 is 9.26 Å². The minimum absolute atomic E-state index is 0.198. The normalized spacial score (nSPS) is 12.4. The fourth-order valence-electron chi connectivity index (χ4n) is 1.87. The SMILES string of the molecule is CCCCC(N)c1nc(-c2ccccc2OC)no1. The van der Waals surface area contributed by atoms with E-state index in [1.807, 2.05) is 24.3 Å². The number of unbranched alkanes of at least 4 members (excludes halogenated alkanes) is 1. The van der Waals surface area contributed by atoms with Crippen molar-refractivity contribution >= 4 is 0 Å². The summed E-state index contributed by atoms with van der Waals surface area (Å²) >= 11 is 0. The van der Waals surface area contributed by atoms with Crippen molar-refractivity contribution in [3.63, 3.8) is 0 Å². The first-order valence-electron chi connectivity index (χ1n) is 6.48. The van der Waals surface area contributed by atoms with Gasteiger partial charge >= 0.3 is 0 Å². The van der Waals surface area contributed by atoms with Gasteiger partial charge in [-0.2, -0.15) is 4.98 Å². The van der Waals surface area contributed by atoms with Crippen LogP contribution < -0.4 is 10.5 Å². The van der Waals surface area contributed by atoms with Crippen LogP contribution in [0.1, 0.15) is 38.1 Å². The lowest BCUT2D eigenvalue weighted by atomic mass is 10.1. The molecule has 0 saturated carbocycles. The molecule has 1 atom stereocenters. The third-order valence-corrected chi connectivity index (χ3v) is 2.98. The molecule has 0 saturated heterocycles. The van der Waals surface area contributed by atoms with E-state index in [2.05, 4.69) is 17.1 Å². The second-order valence-electron chi connectivity index (χ2n) is 4.41. The van der Waals surface area contributed by atoms with Crippen LogP contribution >= 0.6 is 0 Å². The molecule has 0 bridgehead atoms. The summed E-state index contributed by atoms with van der Waals surface area (Å²) in [7, 11) is 1.62. The Kier molecular flexibility index (Phi) is 4.52. The van der Waals surface area contributed by atoms with Crippen molar-refractivity contribution in [2.75, 3.05) is 7.11 Å². The van der Waals surface area contributed by atoms with Crippen LogP contribution in [-0.2, 0) is 0 Å². The summed E-state index contributed by atoms with van der Waals surface area (Å²) < 4.78 is 10.5. The van der Waals surface area contributed by atoms with Crippen LogP contribution in [0.4, 0.5) is 0 Å². The Morgan fingerprint density at radius 3 is 2.89 bits per heavy atom. The Labute approximate surface area is 112 Å². The Morgan fingerprint density at radius 2 is 2.16 bits per heavy atom. The Morgan fingerprint density at radius 1 is 1.37 bits per heavy atom. The zero-order chi connectivity index (χ0) is 13.7. The van der Waals surface area contributed by atoms with E-state index in [4.69, 9.17) is 15.0 Å². The van der Waals surface area contributed by atoms with E-state index in [-0.39, 0.29) is 6.04 Å². The van der Waals surface area contributed by atoms with Gasteiger partial charge in [0.15, 0.2) is 0 Å². The van der Waals surface area contributed by atoms with Gasteiger partial charge in [-0.1, -0.05) is 37.1 Å². The molecule has 0 aliphatic rings. The lowest BCUT2D eigenvalue weighted by Gasteiger charge is -2.04. The molecule has 5 heteroatoms. The number of rotatable bonds is 6. The van der Waals surface area contributed by atoms with Crippen molar-refractivity contribution in [3.8, 4) is 17.1 Å². The molecule has 5 nitrogen and oxygen atoms in total. The third kappa shape index (κ3) is 3.12. The first-order chi connectivity index (χ1) is 9.26. The van der Waals surface area contributed by atoms with Crippen LogP contribution in [0.3, 0.4) is 0 Å². The molecule has 0 amide bonds. The molecule has 1 heterocycles. The molecule has 0 aliphatic carbocycles. The number of para-hydroxylation sites is 1. The number of benzene rings is 1. The number of hydrogen-bond donors (Lipinski definition) is 1. The summed E-state index contributed by atoms with van der Waals surface area (Å²) in [4.78, 5) is 4.36. The van der Waals surface area contributed by atoms with Gasteiger partial charge in [-0.25, -0.2) is 0 Å². The van der Waals surface area contributed by atoms with E-state index < -0.39 is 0 Å². The molecule has 0 spiro atoms. The van der Waals surface area contributed by atoms with Gasteiger partial charge in [0.2, 0.25) is 11.7 Å². The van der Waals surface area contributed by atoms with Crippen LogP contribution in [0.2, 0.25) is 0 Å². The lowest BCUT2D eigenvalue weighted by molar-refractivity contribution is 0.346. The molecule has 19 heavy (non-hydrogen) atoms. The highest BCUT2D eigenvalue weighted by Gasteiger charge is 2.17. The van der Waals surface area contributed by atoms with Gasteiger partial charge in [0.05, 0.1) is 18.7 Å². The summed E-state index contributed by atoms with van der Waals surface area (Å²) in [6.45, 7) is 2.13. The molecule has 0 radical (unpaired) electrons. The molecule has 2 rings (SSSR count). The predicted octanol–water partition coefficient (Wildman–Crippen LogP) is 2.94. The molecule has 2 aromatic rings. The van der Waals surface area contributed by atoms with Crippen molar-refractivity contribution in [2.45, 2.75) is 32.2 Å². The molecule has 1 aromatic carbocycles. The van der Waals surface area contributed by atoms with Crippen LogP contribution in [0.25, 0.3) is 11.4 Å².